The van der Waals surface area contributed by atoms with Gasteiger partial charge in [-0.05, 0) is 18.0 Å². The third kappa shape index (κ3) is 3.11. The van der Waals surface area contributed by atoms with Gasteiger partial charge >= 0.3 is 0 Å². The fourth-order valence-electron chi connectivity index (χ4n) is 3.05. The molecule has 1 aromatic rings. The second-order valence-electron chi connectivity index (χ2n) is 6.12. The number of rotatable bonds is 4. The Morgan fingerprint density at radius 2 is 1.72 bits per heavy atom. The maximum atomic E-state index is 11.5. The fraction of sp³-hybridized carbons (Fsp3) is 0.562. The second kappa shape index (κ2) is 5.83. The third-order valence-corrected chi connectivity index (χ3v) is 9.57. The lowest BCUT2D eigenvalue weighted by molar-refractivity contribution is -0.118. The Morgan fingerprint density at radius 3 is 2.28 bits per heavy atom. The quantitative estimate of drug-likeness (QED) is 0.754. The van der Waals surface area contributed by atoms with Gasteiger partial charge in [0.15, 0.2) is 0 Å². The summed E-state index contributed by atoms with van der Waals surface area (Å²) in [4.78, 5) is 11.5. The van der Waals surface area contributed by atoms with Gasteiger partial charge in [-0.3, -0.25) is 4.79 Å². The lowest BCUT2D eigenvalue weighted by Crippen LogP contribution is -2.50. The van der Waals surface area contributed by atoms with Crippen LogP contribution in [0.25, 0.3) is 0 Å². The van der Waals surface area contributed by atoms with Crippen molar-refractivity contribution < 1.29 is 4.79 Å². The number of Topliss-reactive ketones (excluding diaryl/α,β-unsaturated/α-hetero) is 1. The van der Waals surface area contributed by atoms with E-state index in [9.17, 15) is 4.79 Å². The summed E-state index contributed by atoms with van der Waals surface area (Å²) in [5, 5.41) is 1.58. The van der Waals surface area contributed by atoms with Gasteiger partial charge in [-0.1, -0.05) is 61.8 Å². The van der Waals surface area contributed by atoms with Gasteiger partial charge in [0.05, 0.1) is 8.07 Å². The second-order valence-corrected chi connectivity index (χ2v) is 10.8. The van der Waals surface area contributed by atoms with Gasteiger partial charge in [0.1, 0.15) is 5.78 Å². The maximum Gasteiger partial charge on any atom is 0.132 e. The Bertz CT molecular complexity index is 387. The number of hydrogen-bond acceptors (Lipinski definition) is 1. The Labute approximate surface area is 112 Å². The topological polar surface area (TPSA) is 17.1 Å². The summed E-state index contributed by atoms with van der Waals surface area (Å²) in [6.45, 7) is 4.61. The number of benzene rings is 1. The van der Waals surface area contributed by atoms with Crippen molar-refractivity contribution in [2.45, 2.75) is 51.2 Å². The highest BCUT2D eigenvalue weighted by Crippen LogP contribution is 2.32. The van der Waals surface area contributed by atoms with Crippen LogP contribution in [0.5, 0.6) is 0 Å². The van der Waals surface area contributed by atoms with Crippen molar-refractivity contribution in [3.63, 3.8) is 0 Å². The first-order chi connectivity index (χ1) is 8.62. The van der Waals surface area contributed by atoms with Gasteiger partial charge in [-0.25, -0.2) is 0 Å². The van der Waals surface area contributed by atoms with Gasteiger partial charge in [0, 0.05) is 12.8 Å². The number of carbonyl (C=O) groups is 1. The van der Waals surface area contributed by atoms with E-state index in [0.717, 1.165) is 18.8 Å². The lowest BCUT2D eigenvalue weighted by atomic mass is 10.2. The minimum atomic E-state index is -1.38. The highest BCUT2D eigenvalue weighted by Gasteiger charge is 2.38. The van der Waals surface area contributed by atoms with E-state index in [1.807, 2.05) is 0 Å². The van der Waals surface area contributed by atoms with Gasteiger partial charge < -0.3 is 0 Å². The average molecular weight is 260 g/mol. The molecule has 0 amide bonds. The molecule has 1 nitrogen and oxygen atoms in total. The molecule has 1 aliphatic heterocycles. The van der Waals surface area contributed by atoms with Crippen molar-refractivity contribution in [1.82, 2.24) is 0 Å². The van der Waals surface area contributed by atoms with Crippen LogP contribution in [0.4, 0.5) is 0 Å². The summed E-state index contributed by atoms with van der Waals surface area (Å²) in [7, 11) is -1.38. The van der Waals surface area contributed by atoms with E-state index in [-0.39, 0.29) is 0 Å². The van der Waals surface area contributed by atoms with Crippen LogP contribution >= 0.6 is 0 Å². The van der Waals surface area contributed by atoms with E-state index < -0.39 is 8.07 Å². The minimum Gasteiger partial charge on any atom is -0.300 e. The normalized spacial score (nSPS) is 19.2. The molecule has 1 aliphatic rings. The first-order valence-corrected chi connectivity index (χ1v) is 9.82. The van der Waals surface area contributed by atoms with Crippen molar-refractivity contribution in [3.8, 4) is 0 Å². The molecular formula is C16H24OSi. The molecule has 1 fully saturated rings. The first kappa shape index (κ1) is 13.5. The van der Waals surface area contributed by atoms with E-state index in [2.05, 4.69) is 44.2 Å². The van der Waals surface area contributed by atoms with Crippen LogP contribution in [0, 0.1) is 5.92 Å². The third-order valence-electron chi connectivity index (χ3n) is 4.35. The summed E-state index contributed by atoms with van der Waals surface area (Å²) >= 11 is 0. The van der Waals surface area contributed by atoms with E-state index >= 15 is 0 Å². The fourth-order valence-corrected chi connectivity index (χ4v) is 8.21. The molecule has 18 heavy (non-hydrogen) atoms. The molecule has 0 unspecified atom stereocenters. The van der Waals surface area contributed by atoms with Crippen LogP contribution in [0.15, 0.2) is 30.3 Å². The van der Waals surface area contributed by atoms with Crippen LogP contribution in [0.2, 0.25) is 18.1 Å². The van der Waals surface area contributed by atoms with Crippen molar-refractivity contribution in [1.29, 1.82) is 0 Å². The summed E-state index contributed by atoms with van der Waals surface area (Å²) in [5.74, 6) is 1.26. The zero-order valence-electron chi connectivity index (χ0n) is 11.6. The Hall–Kier alpha value is -0.893. The average Bonchev–Trinajstić information content (AvgIpc) is 2.39. The highest BCUT2D eigenvalue weighted by molar-refractivity contribution is 6.92. The Morgan fingerprint density at radius 1 is 1.11 bits per heavy atom. The molecule has 0 atom stereocenters. The van der Waals surface area contributed by atoms with Crippen LogP contribution in [0.3, 0.4) is 0 Å². The number of carbonyl (C=O) groups excluding carboxylic acids is 1. The molecule has 0 aliphatic carbocycles. The molecule has 0 bridgehead atoms. The van der Waals surface area contributed by atoms with Crippen molar-refractivity contribution in [2.24, 2.45) is 5.92 Å². The molecule has 2 rings (SSSR count). The summed E-state index contributed by atoms with van der Waals surface area (Å²) in [6.07, 6.45) is 2.98. The molecule has 0 aromatic heterocycles. The number of hydrogen-bond donors (Lipinski definition) is 0. The molecule has 0 N–H and O–H groups in total. The van der Waals surface area contributed by atoms with E-state index in [0.29, 0.717) is 5.78 Å². The first-order valence-electron chi connectivity index (χ1n) is 7.20. The van der Waals surface area contributed by atoms with Crippen LogP contribution in [-0.4, -0.2) is 13.9 Å². The number of ketones is 1. The highest BCUT2D eigenvalue weighted by atomic mass is 28.3. The van der Waals surface area contributed by atoms with Crippen molar-refractivity contribution in [3.05, 3.63) is 30.3 Å². The smallest absolute Gasteiger partial charge is 0.132 e. The zero-order valence-corrected chi connectivity index (χ0v) is 12.6. The van der Waals surface area contributed by atoms with Gasteiger partial charge in [-0.2, -0.15) is 0 Å². The Balaban J connectivity index is 2.20. The zero-order chi connectivity index (χ0) is 13.0. The molecule has 2 heteroatoms. The van der Waals surface area contributed by atoms with Gasteiger partial charge in [-0.15, -0.1) is 0 Å². The minimum absolute atomic E-state index is 0.485. The monoisotopic (exact) mass is 260 g/mol. The van der Waals surface area contributed by atoms with Crippen LogP contribution in [0.1, 0.15) is 33.1 Å². The largest absolute Gasteiger partial charge is 0.300 e. The maximum absolute atomic E-state index is 11.5. The van der Waals surface area contributed by atoms with Gasteiger partial charge in [0.2, 0.25) is 0 Å². The SMILES string of the molecule is CC(C)CC[Si]1(c2ccccc2)CCC(=O)CC1. The molecule has 1 heterocycles. The van der Waals surface area contributed by atoms with Crippen LogP contribution in [-0.2, 0) is 4.79 Å². The van der Waals surface area contributed by atoms with Gasteiger partial charge in [0.25, 0.3) is 0 Å². The van der Waals surface area contributed by atoms with Crippen LogP contribution < -0.4 is 5.19 Å². The molecule has 1 aromatic carbocycles. The predicted molar refractivity (Wildman–Crippen MR) is 79.9 cm³/mol. The van der Waals surface area contributed by atoms with E-state index in [1.54, 1.807) is 5.19 Å². The Kier molecular flexibility index (Phi) is 4.39. The summed E-state index contributed by atoms with van der Waals surface area (Å²) < 4.78 is 0. The van der Waals surface area contributed by atoms with Crippen molar-refractivity contribution >= 4 is 19.0 Å². The summed E-state index contributed by atoms with van der Waals surface area (Å²) in [6, 6.07) is 14.8. The molecule has 0 saturated carbocycles. The molecule has 0 radical (unpaired) electrons. The molecule has 0 spiro atoms. The predicted octanol–water partition coefficient (Wildman–Crippen LogP) is 3.75. The van der Waals surface area contributed by atoms with Crippen molar-refractivity contribution in [2.75, 3.05) is 0 Å². The van der Waals surface area contributed by atoms with E-state index in [1.165, 1.54) is 24.6 Å². The molecule has 1 saturated heterocycles. The standard InChI is InChI=1S/C16H24OSi/c1-14(2)8-11-18(12-9-15(17)10-13-18)16-6-4-3-5-7-16/h3-7,14H,8-13H2,1-2H3. The molecule has 98 valence electrons. The summed E-state index contributed by atoms with van der Waals surface area (Å²) in [5.41, 5.74) is 0. The van der Waals surface area contributed by atoms with E-state index in [4.69, 9.17) is 0 Å². The lowest BCUT2D eigenvalue weighted by Gasteiger charge is -2.36. The molecular weight excluding hydrogens is 236 g/mol.